The van der Waals surface area contributed by atoms with Gasteiger partial charge in [0.05, 0.1) is 26.4 Å². The maximum absolute atomic E-state index is 5.41. The zero-order valence-corrected chi connectivity index (χ0v) is 11.6. The van der Waals surface area contributed by atoms with Crippen LogP contribution in [0.25, 0.3) is 0 Å². The predicted molar refractivity (Wildman–Crippen MR) is 70.0 cm³/mol. The van der Waals surface area contributed by atoms with Gasteiger partial charge in [-0.3, -0.25) is 0 Å². The summed E-state index contributed by atoms with van der Waals surface area (Å²) >= 11 is 0. The molecule has 0 aromatic carbocycles. The summed E-state index contributed by atoms with van der Waals surface area (Å²) in [5.41, 5.74) is 10.8. The molecule has 22 heavy (non-hydrogen) atoms. The Labute approximate surface area is 124 Å². The number of aromatic nitrogens is 4. The maximum Gasteiger partial charge on any atom is 0.300 e. The zero-order valence-electron chi connectivity index (χ0n) is 11.6. The van der Waals surface area contributed by atoms with Crippen molar-refractivity contribution in [3.63, 3.8) is 0 Å². The van der Waals surface area contributed by atoms with Crippen molar-refractivity contribution >= 4 is 11.6 Å². The van der Waals surface area contributed by atoms with Crippen LogP contribution in [0.2, 0.25) is 0 Å². The summed E-state index contributed by atoms with van der Waals surface area (Å²) in [6.07, 6.45) is 0. The Balaban J connectivity index is 1.39. The van der Waals surface area contributed by atoms with Gasteiger partial charge in [-0.15, -0.1) is 0 Å². The second-order valence-corrected chi connectivity index (χ2v) is 3.83. The van der Waals surface area contributed by atoms with Crippen LogP contribution >= 0.6 is 0 Å². The SMILES string of the molecule is Nc1nonc1OCCOCCOCCOc1nonc1N. The first-order valence-electron chi connectivity index (χ1n) is 6.34. The highest BCUT2D eigenvalue weighted by atomic mass is 16.6. The van der Waals surface area contributed by atoms with E-state index in [1.165, 1.54) is 0 Å². The summed E-state index contributed by atoms with van der Waals surface area (Å²) in [5, 5.41) is 13.7. The van der Waals surface area contributed by atoms with E-state index < -0.39 is 0 Å². The fraction of sp³-hybridized carbons (Fsp3) is 0.600. The Hall–Kier alpha value is -2.60. The minimum absolute atomic E-state index is 0.103. The summed E-state index contributed by atoms with van der Waals surface area (Å²) < 4.78 is 29.6. The van der Waals surface area contributed by atoms with Crippen molar-refractivity contribution in [1.82, 2.24) is 20.6 Å². The van der Waals surface area contributed by atoms with Crippen molar-refractivity contribution in [2.24, 2.45) is 0 Å². The van der Waals surface area contributed by atoms with Crippen molar-refractivity contribution in [1.29, 1.82) is 0 Å². The maximum atomic E-state index is 5.41. The summed E-state index contributed by atoms with van der Waals surface area (Å²) in [6.45, 7) is 2.08. The third kappa shape index (κ3) is 5.06. The Morgan fingerprint density at radius 3 is 1.41 bits per heavy atom. The molecule has 2 aromatic rings. The lowest BCUT2D eigenvalue weighted by Gasteiger charge is -2.06. The smallest absolute Gasteiger partial charge is 0.300 e. The quantitative estimate of drug-likeness (QED) is 0.491. The van der Waals surface area contributed by atoms with Gasteiger partial charge in [0.2, 0.25) is 11.6 Å². The summed E-state index contributed by atoms with van der Waals surface area (Å²) in [7, 11) is 0. The lowest BCUT2D eigenvalue weighted by Crippen LogP contribution is -2.14. The molecule has 2 rings (SSSR count). The minimum Gasteiger partial charge on any atom is -0.470 e. The van der Waals surface area contributed by atoms with E-state index in [0.29, 0.717) is 26.4 Å². The van der Waals surface area contributed by atoms with Gasteiger partial charge in [0.1, 0.15) is 13.2 Å². The molecular weight excluding hydrogens is 300 g/mol. The molecule has 0 spiro atoms. The second-order valence-electron chi connectivity index (χ2n) is 3.83. The van der Waals surface area contributed by atoms with E-state index in [1.807, 2.05) is 0 Å². The molecule has 0 fully saturated rings. The van der Waals surface area contributed by atoms with Crippen molar-refractivity contribution in [3.8, 4) is 11.8 Å². The van der Waals surface area contributed by atoms with Crippen LogP contribution in [0, 0.1) is 0 Å². The predicted octanol–water partition coefficient (Wildman–Crippen LogP) is -0.892. The minimum atomic E-state index is 0.103. The fourth-order valence-electron chi connectivity index (χ4n) is 1.29. The topological polar surface area (TPSA) is 167 Å². The van der Waals surface area contributed by atoms with E-state index in [2.05, 4.69) is 29.9 Å². The third-order valence-electron chi connectivity index (χ3n) is 2.27. The first-order chi connectivity index (χ1) is 10.8. The van der Waals surface area contributed by atoms with Gasteiger partial charge >= 0.3 is 0 Å². The van der Waals surface area contributed by atoms with Crippen LogP contribution in [-0.4, -0.2) is 60.3 Å². The Morgan fingerprint density at radius 1 is 0.636 bits per heavy atom. The molecule has 122 valence electrons. The average molecular weight is 316 g/mol. The van der Waals surface area contributed by atoms with Gasteiger partial charge in [-0.1, -0.05) is 0 Å². The lowest BCUT2D eigenvalue weighted by atomic mass is 10.6. The van der Waals surface area contributed by atoms with Crippen LogP contribution in [0.5, 0.6) is 11.8 Å². The first kappa shape index (κ1) is 15.8. The van der Waals surface area contributed by atoms with Crippen LogP contribution in [0.3, 0.4) is 0 Å². The van der Waals surface area contributed by atoms with Gasteiger partial charge in [-0.05, 0) is 20.6 Å². The molecule has 12 nitrogen and oxygen atoms in total. The van der Waals surface area contributed by atoms with Crippen LogP contribution in [-0.2, 0) is 9.47 Å². The van der Waals surface area contributed by atoms with Gasteiger partial charge < -0.3 is 30.4 Å². The van der Waals surface area contributed by atoms with E-state index in [1.54, 1.807) is 0 Å². The number of rotatable bonds is 11. The standard InChI is InChI=1S/C10H16N6O6/c11-7-9(15-21-13-7)19-5-3-17-1-2-18-4-6-20-10-8(12)14-22-16-10/h1-6H2,(H2,11,13)(H2,12,14). The van der Waals surface area contributed by atoms with E-state index in [0.717, 1.165) is 0 Å². The second kappa shape index (κ2) is 8.63. The average Bonchev–Trinajstić information content (AvgIpc) is 3.10. The zero-order chi connectivity index (χ0) is 15.6. The van der Waals surface area contributed by atoms with Crippen LogP contribution < -0.4 is 20.9 Å². The largest absolute Gasteiger partial charge is 0.470 e. The van der Waals surface area contributed by atoms with Crippen LogP contribution in [0.15, 0.2) is 9.26 Å². The van der Waals surface area contributed by atoms with E-state index in [-0.39, 0.29) is 36.6 Å². The highest BCUT2D eigenvalue weighted by molar-refractivity contribution is 5.37. The van der Waals surface area contributed by atoms with Crippen LogP contribution in [0.1, 0.15) is 0 Å². The molecule has 0 unspecified atom stereocenters. The molecule has 0 bridgehead atoms. The summed E-state index contributed by atoms with van der Waals surface area (Å²) in [5.74, 6) is 0.509. The number of hydrogen-bond acceptors (Lipinski definition) is 12. The lowest BCUT2D eigenvalue weighted by molar-refractivity contribution is 0.0260. The van der Waals surface area contributed by atoms with E-state index in [9.17, 15) is 0 Å². The molecule has 2 aromatic heterocycles. The molecule has 0 radical (unpaired) electrons. The van der Waals surface area contributed by atoms with Gasteiger partial charge in [0, 0.05) is 0 Å². The molecule has 0 saturated heterocycles. The van der Waals surface area contributed by atoms with Crippen molar-refractivity contribution in [2.75, 3.05) is 51.1 Å². The highest BCUT2D eigenvalue weighted by Gasteiger charge is 2.07. The number of nitrogens with two attached hydrogens (primary N) is 2. The number of nitrogens with zero attached hydrogens (tertiary/aromatic N) is 4. The Morgan fingerprint density at radius 2 is 1.05 bits per heavy atom. The molecule has 0 atom stereocenters. The van der Waals surface area contributed by atoms with E-state index in [4.69, 9.17) is 30.4 Å². The summed E-state index contributed by atoms with van der Waals surface area (Å²) in [4.78, 5) is 0. The van der Waals surface area contributed by atoms with E-state index >= 15 is 0 Å². The molecule has 0 aliphatic carbocycles. The number of nitrogen functional groups attached to an aromatic ring is 2. The van der Waals surface area contributed by atoms with Gasteiger partial charge in [0.15, 0.2) is 0 Å². The number of hydrogen-bond donors (Lipinski definition) is 2. The monoisotopic (exact) mass is 316 g/mol. The van der Waals surface area contributed by atoms with Crippen molar-refractivity contribution in [2.45, 2.75) is 0 Å². The third-order valence-corrected chi connectivity index (χ3v) is 2.27. The van der Waals surface area contributed by atoms with Gasteiger partial charge in [-0.25, -0.2) is 9.26 Å². The Kier molecular flexibility index (Phi) is 6.19. The Bertz CT molecular complexity index is 497. The molecule has 0 amide bonds. The van der Waals surface area contributed by atoms with Crippen LogP contribution in [0.4, 0.5) is 11.6 Å². The van der Waals surface area contributed by atoms with Crippen molar-refractivity contribution in [3.05, 3.63) is 0 Å². The van der Waals surface area contributed by atoms with Crippen molar-refractivity contribution < 1.29 is 28.2 Å². The number of anilines is 2. The molecule has 4 N–H and O–H groups in total. The molecule has 2 heterocycles. The van der Waals surface area contributed by atoms with Gasteiger partial charge in [0.25, 0.3) is 11.8 Å². The summed E-state index contributed by atoms with van der Waals surface area (Å²) in [6, 6.07) is 0. The number of ether oxygens (including phenoxy) is 4. The normalized spacial score (nSPS) is 10.7. The fourth-order valence-corrected chi connectivity index (χ4v) is 1.29. The molecule has 0 aliphatic rings. The van der Waals surface area contributed by atoms with Gasteiger partial charge in [-0.2, -0.15) is 0 Å². The first-order valence-corrected chi connectivity index (χ1v) is 6.34. The molecule has 12 heteroatoms. The highest BCUT2D eigenvalue weighted by Crippen LogP contribution is 2.13. The molecular formula is C10H16N6O6. The molecule has 0 saturated carbocycles. The molecule has 0 aliphatic heterocycles.